The Morgan fingerprint density at radius 2 is 1.88 bits per heavy atom. The highest BCUT2D eigenvalue weighted by molar-refractivity contribution is 5.64. The lowest BCUT2D eigenvalue weighted by molar-refractivity contribution is -0.107. The minimum atomic E-state index is 0.370. The topological polar surface area (TPSA) is 73.8 Å². The number of benzene rings is 1. The molecule has 3 aromatic rings. The van der Waals surface area contributed by atoms with Crippen LogP contribution in [0.5, 0.6) is 0 Å². The number of carbonyl (C=O) groups excluding carboxylic acids is 1. The summed E-state index contributed by atoms with van der Waals surface area (Å²) in [5, 5.41) is 8.71. The average Bonchev–Trinajstić information content (AvgIpc) is 3.24. The zero-order valence-electron chi connectivity index (χ0n) is 15.9. The smallest absolute Gasteiger partial charge is 0.278 e. The summed E-state index contributed by atoms with van der Waals surface area (Å²) in [6.07, 6.45) is 1.35. The van der Waals surface area contributed by atoms with Crippen LogP contribution in [0, 0.1) is 13.8 Å². The molecule has 0 aliphatic rings. The molecule has 0 saturated heterocycles. The molecule has 0 spiro atoms. The standard InChI is InChI=1S/C20H24N4O2/c1-6-24-18(12(2)3)11-17(22-24)20-21-19(23-26-20)15-9-13(4)16(7-8-25)14(5)10-15/h8-12H,6-7H2,1-5H3. The Morgan fingerprint density at radius 3 is 2.42 bits per heavy atom. The predicted molar refractivity (Wildman–Crippen MR) is 100.0 cm³/mol. The molecule has 0 aliphatic carbocycles. The molecule has 0 saturated carbocycles. The number of aromatic nitrogens is 4. The fourth-order valence-electron chi connectivity index (χ4n) is 3.23. The van der Waals surface area contributed by atoms with E-state index in [4.69, 9.17) is 4.52 Å². The van der Waals surface area contributed by atoms with Gasteiger partial charge in [0.25, 0.3) is 5.89 Å². The first-order valence-corrected chi connectivity index (χ1v) is 8.90. The Morgan fingerprint density at radius 1 is 1.19 bits per heavy atom. The van der Waals surface area contributed by atoms with Gasteiger partial charge in [0, 0.05) is 24.2 Å². The maximum absolute atomic E-state index is 10.8. The Labute approximate surface area is 153 Å². The van der Waals surface area contributed by atoms with Crippen LogP contribution in [0.15, 0.2) is 22.7 Å². The lowest BCUT2D eigenvalue weighted by atomic mass is 9.97. The van der Waals surface area contributed by atoms with E-state index in [1.165, 1.54) is 0 Å². The molecule has 3 rings (SSSR count). The van der Waals surface area contributed by atoms with Gasteiger partial charge < -0.3 is 9.32 Å². The zero-order chi connectivity index (χ0) is 18.8. The third-order valence-electron chi connectivity index (χ3n) is 4.59. The van der Waals surface area contributed by atoms with Gasteiger partial charge in [-0.05, 0) is 61.6 Å². The van der Waals surface area contributed by atoms with E-state index in [1.54, 1.807) is 0 Å². The van der Waals surface area contributed by atoms with E-state index >= 15 is 0 Å². The second kappa shape index (κ2) is 7.23. The van der Waals surface area contributed by atoms with Gasteiger partial charge in [0.15, 0.2) is 5.69 Å². The van der Waals surface area contributed by atoms with E-state index in [1.807, 2.05) is 36.7 Å². The van der Waals surface area contributed by atoms with Gasteiger partial charge >= 0.3 is 0 Å². The van der Waals surface area contributed by atoms with Gasteiger partial charge in [0.2, 0.25) is 5.82 Å². The summed E-state index contributed by atoms with van der Waals surface area (Å²) in [6.45, 7) is 11.1. The molecular weight excluding hydrogens is 328 g/mol. The van der Waals surface area contributed by atoms with Gasteiger partial charge in [0.1, 0.15) is 6.29 Å². The first kappa shape index (κ1) is 18.0. The van der Waals surface area contributed by atoms with E-state index in [2.05, 4.69) is 36.0 Å². The number of rotatable bonds is 6. The summed E-state index contributed by atoms with van der Waals surface area (Å²) in [5.74, 6) is 1.32. The largest absolute Gasteiger partial charge is 0.332 e. The van der Waals surface area contributed by atoms with Crippen LogP contribution in [0.4, 0.5) is 0 Å². The van der Waals surface area contributed by atoms with Crippen molar-refractivity contribution in [3.8, 4) is 23.0 Å². The van der Waals surface area contributed by atoms with Crippen LogP contribution in [0.3, 0.4) is 0 Å². The fraction of sp³-hybridized carbons (Fsp3) is 0.400. The molecule has 0 amide bonds. The number of hydrogen-bond acceptors (Lipinski definition) is 5. The quantitative estimate of drug-likeness (QED) is 0.624. The van der Waals surface area contributed by atoms with Crippen LogP contribution in [-0.4, -0.2) is 26.2 Å². The van der Waals surface area contributed by atoms with E-state index in [0.29, 0.717) is 29.7 Å². The summed E-state index contributed by atoms with van der Waals surface area (Å²) in [6, 6.07) is 5.99. The molecule has 1 aromatic carbocycles. The van der Waals surface area contributed by atoms with Crippen LogP contribution in [0.1, 0.15) is 49.1 Å². The Bertz CT molecular complexity index is 914. The maximum atomic E-state index is 10.8. The fourth-order valence-corrected chi connectivity index (χ4v) is 3.23. The van der Waals surface area contributed by atoms with Crippen LogP contribution in [0.2, 0.25) is 0 Å². The van der Waals surface area contributed by atoms with Crippen molar-refractivity contribution in [2.24, 2.45) is 0 Å². The molecule has 6 nitrogen and oxygen atoms in total. The van der Waals surface area contributed by atoms with E-state index in [0.717, 1.165) is 40.8 Å². The van der Waals surface area contributed by atoms with Crippen molar-refractivity contribution >= 4 is 6.29 Å². The summed E-state index contributed by atoms with van der Waals surface area (Å²) in [5.41, 5.74) is 5.87. The van der Waals surface area contributed by atoms with E-state index in [-0.39, 0.29) is 0 Å². The van der Waals surface area contributed by atoms with Crippen LogP contribution < -0.4 is 0 Å². The van der Waals surface area contributed by atoms with Gasteiger partial charge in [-0.3, -0.25) is 4.68 Å². The first-order chi connectivity index (χ1) is 12.4. The van der Waals surface area contributed by atoms with Crippen LogP contribution >= 0.6 is 0 Å². The maximum Gasteiger partial charge on any atom is 0.278 e. The second-order valence-corrected chi connectivity index (χ2v) is 6.81. The zero-order valence-corrected chi connectivity index (χ0v) is 15.9. The lowest BCUT2D eigenvalue weighted by Crippen LogP contribution is -2.03. The summed E-state index contributed by atoms with van der Waals surface area (Å²) in [4.78, 5) is 15.4. The van der Waals surface area contributed by atoms with Gasteiger partial charge in [-0.15, -0.1) is 0 Å². The third-order valence-corrected chi connectivity index (χ3v) is 4.59. The second-order valence-electron chi connectivity index (χ2n) is 6.81. The van der Waals surface area contributed by atoms with Crippen molar-refractivity contribution in [1.29, 1.82) is 0 Å². The predicted octanol–water partition coefficient (Wildman–Crippen LogP) is 4.10. The molecule has 0 atom stereocenters. The normalized spacial score (nSPS) is 11.3. The average molecular weight is 352 g/mol. The molecule has 6 heteroatoms. The highest BCUT2D eigenvalue weighted by Crippen LogP contribution is 2.27. The number of hydrogen-bond donors (Lipinski definition) is 0. The minimum absolute atomic E-state index is 0.370. The number of aldehydes is 1. The summed E-state index contributed by atoms with van der Waals surface area (Å²) < 4.78 is 7.43. The molecule has 26 heavy (non-hydrogen) atoms. The monoisotopic (exact) mass is 352 g/mol. The highest BCUT2D eigenvalue weighted by atomic mass is 16.5. The molecule has 0 fully saturated rings. The Balaban J connectivity index is 1.97. The molecule has 2 heterocycles. The lowest BCUT2D eigenvalue weighted by Gasteiger charge is -2.08. The summed E-state index contributed by atoms with van der Waals surface area (Å²) in [7, 11) is 0. The molecule has 0 unspecified atom stereocenters. The molecule has 0 N–H and O–H groups in total. The van der Waals surface area contributed by atoms with Crippen molar-refractivity contribution in [2.75, 3.05) is 0 Å². The number of nitrogens with zero attached hydrogens (tertiary/aromatic N) is 4. The van der Waals surface area contributed by atoms with Crippen LogP contribution in [0.25, 0.3) is 23.0 Å². The first-order valence-electron chi connectivity index (χ1n) is 8.90. The van der Waals surface area contributed by atoms with E-state index in [9.17, 15) is 4.79 Å². The van der Waals surface area contributed by atoms with Gasteiger partial charge in [-0.25, -0.2) is 0 Å². The summed E-state index contributed by atoms with van der Waals surface area (Å²) >= 11 is 0. The van der Waals surface area contributed by atoms with Gasteiger partial charge in [0.05, 0.1) is 0 Å². The van der Waals surface area contributed by atoms with Gasteiger partial charge in [-0.1, -0.05) is 19.0 Å². The van der Waals surface area contributed by atoms with Crippen LogP contribution in [-0.2, 0) is 17.8 Å². The Hall–Kier alpha value is -2.76. The molecule has 0 bridgehead atoms. The number of carbonyl (C=O) groups is 1. The Kier molecular flexibility index (Phi) is 5.02. The molecule has 136 valence electrons. The van der Waals surface area contributed by atoms with Gasteiger partial charge in [-0.2, -0.15) is 10.1 Å². The van der Waals surface area contributed by atoms with Crippen molar-refractivity contribution < 1.29 is 9.32 Å². The molecule has 2 aromatic heterocycles. The number of aryl methyl sites for hydroxylation is 3. The molecule has 0 radical (unpaired) electrons. The van der Waals surface area contributed by atoms with Crippen molar-refractivity contribution in [3.63, 3.8) is 0 Å². The SMILES string of the molecule is CCn1nc(-c2nc(-c3cc(C)c(CC=O)c(C)c3)no2)cc1C(C)C. The van der Waals surface area contributed by atoms with Crippen molar-refractivity contribution in [3.05, 3.63) is 40.6 Å². The highest BCUT2D eigenvalue weighted by Gasteiger charge is 2.18. The molecule has 0 aliphatic heterocycles. The third kappa shape index (κ3) is 3.31. The van der Waals surface area contributed by atoms with Crippen molar-refractivity contribution in [1.82, 2.24) is 19.9 Å². The van der Waals surface area contributed by atoms with E-state index < -0.39 is 0 Å². The molecular formula is C20H24N4O2. The minimum Gasteiger partial charge on any atom is -0.332 e. The van der Waals surface area contributed by atoms with Crippen molar-refractivity contribution in [2.45, 2.75) is 53.5 Å².